The van der Waals surface area contributed by atoms with Gasteiger partial charge in [-0.2, -0.15) is 0 Å². The molecule has 150 valence electrons. The Labute approximate surface area is 165 Å². The van der Waals surface area contributed by atoms with E-state index in [9.17, 15) is 9.59 Å². The minimum Gasteiger partial charge on any atom is -0.454 e. The molecule has 0 bridgehead atoms. The van der Waals surface area contributed by atoms with Gasteiger partial charge in [-0.05, 0) is 49.7 Å². The molecule has 3 aliphatic heterocycles. The Morgan fingerprint density at radius 2 is 1.82 bits per heavy atom. The summed E-state index contributed by atoms with van der Waals surface area (Å²) in [6.07, 6.45) is 6.26. The minimum atomic E-state index is -0.0631. The van der Waals surface area contributed by atoms with Crippen molar-refractivity contribution in [2.24, 2.45) is 0 Å². The van der Waals surface area contributed by atoms with Crippen LogP contribution in [0, 0.1) is 0 Å². The van der Waals surface area contributed by atoms with E-state index in [1.165, 1.54) is 12.8 Å². The molecule has 0 N–H and O–H groups in total. The van der Waals surface area contributed by atoms with Crippen LogP contribution in [0.25, 0.3) is 6.08 Å². The molecular weight excluding hydrogens is 358 g/mol. The van der Waals surface area contributed by atoms with Crippen molar-refractivity contribution >= 4 is 17.9 Å². The SMILES string of the molecule is O=C(/C=C/c1ccc2c(c1)OCO2)N1CCC(=O)N(CCN2CCCC2)CC1. The highest BCUT2D eigenvalue weighted by Crippen LogP contribution is 2.32. The van der Waals surface area contributed by atoms with Crippen LogP contribution in [0.15, 0.2) is 24.3 Å². The van der Waals surface area contributed by atoms with Crippen LogP contribution in [0.2, 0.25) is 0 Å². The molecule has 3 aliphatic rings. The van der Waals surface area contributed by atoms with E-state index in [1.807, 2.05) is 23.1 Å². The predicted octanol–water partition coefficient (Wildman–Crippen LogP) is 1.59. The monoisotopic (exact) mass is 385 g/mol. The molecule has 0 aliphatic carbocycles. The van der Waals surface area contributed by atoms with E-state index in [1.54, 1.807) is 17.1 Å². The van der Waals surface area contributed by atoms with Gasteiger partial charge in [-0.15, -0.1) is 0 Å². The van der Waals surface area contributed by atoms with Gasteiger partial charge in [0, 0.05) is 45.2 Å². The van der Waals surface area contributed by atoms with Crippen LogP contribution in [0.3, 0.4) is 0 Å². The lowest BCUT2D eigenvalue weighted by Crippen LogP contribution is -2.39. The Morgan fingerprint density at radius 1 is 1.00 bits per heavy atom. The number of hydrogen-bond donors (Lipinski definition) is 0. The number of nitrogens with zero attached hydrogens (tertiary/aromatic N) is 3. The van der Waals surface area contributed by atoms with E-state index in [0.717, 1.165) is 37.5 Å². The van der Waals surface area contributed by atoms with Gasteiger partial charge in [0.1, 0.15) is 0 Å². The maximum atomic E-state index is 12.6. The summed E-state index contributed by atoms with van der Waals surface area (Å²) in [6, 6.07) is 5.59. The first kappa shape index (κ1) is 18.8. The summed E-state index contributed by atoms with van der Waals surface area (Å²) in [6.45, 7) is 5.86. The molecule has 0 aromatic heterocycles. The molecular formula is C21H27N3O4. The van der Waals surface area contributed by atoms with Crippen LogP contribution < -0.4 is 9.47 Å². The fourth-order valence-electron chi connectivity index (χ4n) is 3.88. The zero-order valence-corrected chi connectivity index (χ0v) is 16.1. The summed E-state index contributed by atoms with van der Waals surface area (Å²) in [5.41, 5.74) is 0.885. The minimum absolute atomic E-state index is 0.0631. The Kier molecular flexibility index (Phi) is 5.81. The van der Waals surface area contributed by atoms with Crippen molar-refractivity contribution in [1.29, 1.82) is 0 Å². The van der Waals surface area contributed by atoms with Gasteiger partial charge in [0.25, 0.3) is 0 Å². The van der Waals surface area contributed by atoms with Crippen LogP contribution >= 0.6 is 0 Å². The van der Waals surface area contributed by atoms with Gasteiger partial charge in [-0.1, -0.05) is 6.07 Å². The molecule has 0 saturated carbocycles. The first-order chi connectivity index (χ1) is 13.7. The van der Waals surface area contributed by atoms with Crippen molar-refractivity contribution < 1.29 is 19.1 Å². The van der Waals surface area contributed by atoms with E-state index in [2.05, 4.69) is 4.90 Å². The van der Waals surface area contributed by atoms with Crippen molar-refractivity contribution in [2.45, 2.75) is 19.3 Å². The molecule has 0 atom stereocenters. The average Bonchev–Trinajstić information content (AvgIpc) is 3.35. The smallest absolute Gasteiger partial charge is 0.246 e. The molecule has 0 radical (unpaired) electrons. The maximum absolute atomic E-state index is 12.6. The van der Waals surface area contributed by atoms with E-state index < -0.39 is 0 Å². The highest BCUT2D eigenvalue weighted by molar-refractivity contribution is 5.92. The molecule has 0 unspecified atom stereocenters. The maximum Gasteiger partial charge on any atom is 0.246 e. The third kappa shape index (κ3) is 4.47. The highest BCUT2D eigenvalue weighted by Gasteiger charge is 2.23. The molecule has 7 nitrogen and oxygen atoms in total. The Bertz CT molecular complexity index is 758. The van der Waals surface area contributed by atoms with Gasteiger partial charge in [-0.3, -0.25) is 9.59 Å². The Balaban J connectivity index is 1.30. The van der Waals surface area contributed by atoms with Gasteiger partial charge in [0.2, 0.25) is 18.6 Å². The number of hydrogen-bond acceptors (Lipinski definition) is 5. The normalized spacial score (nSPS) is 20.2. The molecule has 0 spiro atoms. The lowest BCUT2D eigenvalue weighted by molar-refractivity contribution is -0.130. The molecule has 3 heterocycles. The topological polar surface area (TPSA) is 62.3 Å². The largest absolute Gasteiger partial charge is 0.454 e. The van der Waals surface area contributed by atoms with Crippen LogP contribution in [-0.4, -0.2) is 79.1 Å². The van der Waals surface area contributed by atoms with Crippen molar-refractivity contribution in [1.82, 2.24) is 14.7 Å². The van der Waals surface area contributed by atoms with Gasteiger partial charge in [-0.25, -0.2) is 0 Å². The Morgan fingerprint density at radius 3 is 2.68 bits per heavy atom. The molecule has 4 rings (SSSR count). The van der Waals surface area contributed by atoms with Crippen LogP contribution in [-0.2, 0) is 9.59 Å². The second-order valence-electron chi connectivity index (χ2n) is 7.45. The van der Waals surface area contributed by atoms with Gasteiger partial charge in [0.05, 0.1) is 0 Å². The quantitative estimate of drug-likeness (QED) is 0.721. The van der Waals surface area contributed by atoms with Gasteiger partial charge < -0.3 is 24.2 Å². The lowest BCUT2D eigenvalue weighted by Gasteiger charge is -2.24. The molecule has 2 saturated heterocycles. The van der Waals surface area contributed by atoms with Crippen molar-refractivity contribution in [3.05, 3.63) is 29.8 Å². The number of carbonyl (C=O) groups is 2. The molecule has 2 amide bonds. The fourth-order valence-corrected chi connectivity index (χ4v) is 3.88. The molecule has 2 fully saturated rings. The van der Waals surface area contributed by atoms with Crippen molar-refractivity contribution in [3.63, 3.8) is 0 Å². The third-order valence-corrected chi connectivity index (χ3v) is 5.60. The standard InChI is InChI=1S/C21H27N3O4/c25-20(6-4-17-3-5-18-19(15-17)28-16-27-18)23-10-7-21(26)24(14-13-23)12-11-22-8-1-2-9-22/h3-6,15H,1-2,7-14,16H2/b6-4+. The molecule has 1 aromatic rings. The Hall–Kier alpha value is -2.54. The van der Waals surface area contributed by atoms with E-state index in [0.29, 0.717) is 31.8 Å². The van der Waals surface area contributed by atoms with Crippen LogP contribution in [0.4, 0.5) is 0 Å². The van der Waals surface area contributed by atoms with E-state index >= 15 is 0 Å². The third-order valence-electron chi connectivity index (χ3n) is 5.60. The predicted molar refractivity (Wildman–Crippen MR) is 105 cm³/mol. The van der Waals surface area contributed by atoms with Crippen molar-refractivity contribution in [3.8, 4) is 11.5 Å². The number of benzene rings is 1. The molecule has 7 heteroatoms. The number of ether oxygens (including phenoxy) is 2. The first-order valence-corrected chi connectivity index (χ1v) is 10.1. The summed E-state index contributed by atoms with van der Waals surface area (Å²) in [5, 5.41) is 0. The number of likely N-dealkylation sites (tertiary alicyclic amines) is 1. The molecule has 1 aromatic carbocycles. The summed E-state index contributed by atoms with van der Waals surface area (Å²) >= 11 is 0. The summed E-state index contributed by atoms with van der Waals surface area (Å²) in [7, 11) is 0. The highest BCUT2D eigenvalue weighted by atomic mass is 16.7. The zero-order chi connectivity index (χ0) is 19.3. The summed E-state index contributed by atoms with van der Waals surface area (Å²) in [5.74, 6) is 1.51. The summed E-state index contributed by atoms with van der Waals surface area (Å²) < 4.78 is 10.7. The van der Waals surface area contributed by atoms with Crippen molar-refractivity contribution in [2.75, 3.05) is 52.6 Å². The first-order valence-electron chi connectivity index (χ1n) is 10.1. The van der Waals surface area contributed by atoms with Gasteiger partial charge >= 0.3 is 0 Å². The zero-order valence-electron chi connectivity index (χ0n) is 16.1. The second-order valence-corrected chi connectivity index (χ2v) is 7.45. The van der Waals surface area contributed by atoms with E-state index in [4.69, 9.17) is 9.47 Å². The van der Waals surface area contributed by atoms with Crippen LogP contribution in [0.1, 0.15) is 24.8 Å². The molecule has 28 heavy (non-hydrogen) atoms. The average molecular weight is 385 g/mol. The fraction of sp³-hybridized carbons (Fsp3) is 0.524. The number of amides is 2. The second kappa shape index (κ2) is 8.65. The van der Waals surface area contributed by atoms with Gasteiger partial charge in [0.15, 0.2) is 11.5 Å². The van der Waals surface area contributed by atoms with Crippen LogP contribution in [0.5, 0.6) is 11.5 Å². The number of fused-ring (bicyclic) bond motifs is 1. The lowest BCUT2D eigenvalue weighted by atomic mass is 10.2. The van der Waals surface area contributed by atoms with E-state index in [-0.39, 0.29) is 18.6 Å². The summed E-state index contributed by atoms with van der Waals surface area (Å²) in [4.78, 5) is 31.1. The number of carbonyl (C=O) groups excluding carboxylic acids is 2. The number of rotatable bonds is 5.